The Kier molecular flexibility index (Phi) is 5.76. The molecule has 1 aromatic heterocycles. The van der Waals surface area contributed by atoms with Gasteiger partial charge in [0.25, 0.3) is 5.91 Å². The smallest absolute Gasteiger partial charge is 0.267 e. The van der Waals surface area contributed by atoms with Crippen LogP contribution in [0.15, 0.2) is 0 Å². The van der Waals surface area contributed by atoms with Gasteiger partial charge in [0.2, 0.25) is 0 Å². The highest BCUT2D eigenvalue weighted by atomic mass is 79.9. The summed E-state index contributed by atoms with van der Waals surface area (Å²) in [5.74, 6) is 0.143. The van der Waals surface area contributed by atoms with Crippen LogP contribution in [0.5, 0.6) is 0 Å². The molecule has 4 nitrogen and oxygen atoms in total. The first kappa shape index (κ1) is 14.9. The van der Waals surface area contributed by atoms with Crippen molar-refractivity contribution in [2.24, 2.45) is 0 Å². The fourth-order valence-electron chi connectivity index (χ4n) is 2.28. The van der Waals surface area contributed by atoms with Crippen LogP contribution in [0.3, 0.4) is 0 Å². The van der Waals surface area contributed by atoms with E-state index in [1.807, 2.05) is 4.90 Å². The molecule has 0 aromatic carbocycles. The molecule has 0 atom stereocenters. The molecule has 0 N–H and O–H groups in total. The van der Waals surface area contributed by atoms with Crippen molar-refractivity contribution in [3.05, 3.63) is 10.6 Å². The van der Waals surface area contributed by atoms with Gasteiger partial charge in [-0.05, 0) is 43.6 Å². The average Bonchev–Trinajstić information content (AvgIpc) is 2.80. The van der Waals surface area contributed by atoms with Crippen molar-refractivity contribution in [3.8, 4) is 0 Å². The number of hydrogen-bond donors (Lipinski definition) is 0. The van der Waals surface area contributed by atoms with Crippen molar-refractivity contribution >= 4 is 33.4 Å². The molecule has 1 heterocycles. The zero-order chi connectivity index (χ0) is 13.7. The van der Waals surface area contributed by atoms with E-state index in [0.717, 1.165) is 54.6 Å². The van der Waals surface area contributed by atoms with Crippen molar-refractivity contribution in [2.75, 3.05) is 11.9 Å². The highest BCUT2D eigenvalue weighted by molar-refractivity contribution is 9.09. The van der Waals surface area contributed by atoms with Gasteiger partial charge in [-0.3, -0.25) is 4.79 Å². The van der Waals surface area contributed by atoms with Gasteiger partial charge in [0, 0.05) is 17.9 Å². The second kappa shape index (κ2) is 7.33. The Morgan fingerprint density at radius 3 is 2.89 bits per heavy atom. The van der Waals surface area contributed by atoms with Crippen molar-refractivity contribution < 1.29 is 4.79 Å². The summed E-state index contributed by atoms with van der Waals surface area (Å²) < 4.78 is 3.96. The van der Waals surface area contributed by atoms with E-state index in [4.69, 9.17) is 0 Å². The lowest BCUT2D eigenvalue weighted by atomic mass is 9.91. The normalized spacial score (nSPS) is 15.3. The topological polar surface area (TPSA) is 46.1 Å². The van der Waals surface area contributed by atoms with Crippen molar-refractivity contribution in [3.63, 3.8) is 0 Å². The van der Waals surface area contributed by atoms with Crippen LogP contribution in [-0.2, 0) is 6.42 Å². The van der Waals surface area contributed by atoms with Gasteiger partial charge in [-0.1, -0.05) is 33.8 Å². The zero-order valence-corrected chi connectivity index (χ0v) is 13.7. The summed E-state index contributed by atoms with van der Waals surface area (Å²) in [4.78, 5) is 15.5. The summed E-state index contributed by atoms with van der Waals surface area (Å²) in [6.45, 7) is 2.93. The molecule has 0 spiro atoms. The first-order valence-corrected chi connectivity index (χ1v) is 8.85. The van der Waals surface area contributed by atoms with Gasteiger partial charge in [0.1, 0.15) is 4.88 Å². The number of alkyl halides is 1. The van der Waals surface area contributed by atoms with Crippen LogP contribution in [0.4, 0.5) is 0 Å². The van der Waals surface area contributed by atoms with Gasteiger partial charge in [-0.25, -0.2) is 0 Å². The maximum Gasteiger partial charge on any atom is 0.267 e. The number of rotatable bonds is 7. The molecule has 1 fully saturated rings. The van der Waals surface area contributed by atoms with E-state index < -0.39 is 0 Å². The number of amides is 1. The Morgan fingerprint density at radius 2 is 2.32 bits per heavy atom. The van der Waals surface area contributed by atoms with Gasteiger partial charge >= 0.3 is 0 Å². The third-order valence-electron chi connectivity index (χ3n) is 3.55. The first-order valence-electron chi connectivity index (χ1n) is 6.96. The van der Waals surface area contributed by atoms with Gasteiger partial charge in [0.15, 0.2) is 0 Å². The van der Waals surface area contributed by atoms with Crippen LogP contribution in [0.1, 0.15) is 54.4 Å². The molecule has 1 aliphatic rings. The number of carbonyl (C=O) groups excluding carboxylic acids is 1. The van der Waals surface area contributed by atoms with Crippen molar-refractivity contribution in [2.45, 2.75) is 51.5 Å². The molecule has 1 amide bonds. The molecule has 1 aliphatic carbocycles. The van der Waals surface area contributed by atoms with Gasteiger partial charge in [0.05, 0.1) is 5.69 Å². The molecule has 19 heavy (non-hydrogen) atoms. The van der Waals surface area contributed by atoms with Gasteiger partial charge < -0.3 is 4.90 Å². The van der Waals surface area contributed by atoms with Crippen molar-refractivity contribution in [1.29, 1.82) is 0 Å². The van der Waals surface area contributed by atoms with E-state index in [1.54, 1.807) is 0 Å². The predicted molar refractivity (Wildman–Crippen MR) is 81.0 cm³/mol. The van der Waals surface area contributed by atoms with Crippen LogP contribution in [0.2, 0.25) is 0 Å². The minimum absolute atomic E-state index is 0.143. The fraction of sp³-hybridized carbons (Fsp3) is 0.769. The molecule has 0 radical (unpaired) electrons. The number of nitrogens with zero attached hydrogens (tertiary/aromatic N) is 3. The minimum Gasteiger partial charge on any atom is -0.335 e. The summed E-state index contributed by atoms with van der Waals surface area (Å²) in [5, 5.41) is 5.04. The maximum atomic E-state index is 12.7. The third-order valence-corrected chi connectivity index (χ3v) is 4.86. The predicted octanol–water partition coefficient (Wildman–Crippen LogP) is 3.27. The van der Waals surface area contributed by atoms with E-state index in [1.165, 1.54) is 18.0 Å². The molecule has 0 saturated heterocycles. The summed E-state index contributed by atoms with van der Waals surface area (Å²) >= 11 is 4.69. The summed E-state index contributed by atoms with van der Waals surface area (Å²) in [6.07, 6.45) is 6.36. The Morgan fingerprint density at radius 1 is 1.53 bits per heavy atom. The highest BCUT2D eigenvalue weighted by Gasteiger charge is 2.31. The average molecular weight is 346 g/mol. The molecular weight excluding hydrogens is 326 g/mol. The molecule has 0 aliphatic heterocycles. The molecule has 0 bridgehead atoms. The van der Waals surface area contributed by atoms with Crippen LogP contribution in [0, 0.1) is 0 Å². The van der Waals surface area contributed by atoms with E-state index in [-0.39, 0.29) is 5.91 Å². The number of carbonyl (C=O) groups is 1. The van der Waals surface area contributed by atoms with Crippen LogP contribution >= 0.6 is 27.5 Å². The Labute approximate surface area is 126 Å². The second-order valence-electron chi connectivity index (χ2n) is 4.92. The van der Waals surface area contributed by atoms with Crippen molar-refractivity contribution in [1.82, 2.24) is 14.5 Å². The van der Waals surface area contributed by atoms with E-state index in [2.05, 4.69) is 32.4 Å². The largest absolute Gasteiger partial charge is 0.335 e. The Hall–Kier alpha value is -0.490. The molecule has 1 aromatic rings. The summed E-state index contributed by atoms with van der Waals surface area (Å²) in [6, 6.07) is 0.433. The van der Waals surface area contributed by atoms with Gasteiger partial charge in [-0.15, -0.1) is 5.10 Å². The maximum absolute atomic E-state index is 12.7. The fourth-order valence-corrected chi connectivity index (χ4v) is 3.20. The number of aromatic nitrogens is 2. The lowest BCUT2D eigenvalue weighted by Gasteiger charge is -2.37. The summed E-state index contributed by atoms with van der Waals surface area (Å²) in [5.41, 5.74) is 0.876. The monoisotopic (exact) mass is 345 g/mol. The van der Waals surface area contributed by atoms with Crippen LogP contribution in [-0.4, -0.2) is 38.3 Å². The lowest BCUT2D eigenvalue weighted by Crippen LogP contribution is -2.44. The molecule has 106 valence electrons. The molecule has 0 unspecified atom stereocenters. The third kappa shape index (κ3) is 3.54. The van der Waals surface area contributed by atoms with Crippen LogP contribution in [0.25, 0.3) is 0 Å². The van der Waals surface area contributed by atoms with E-state index in [0.29, 0.717) is 6.04 Å². The quantitative estimate of drug-likeness (QED) is 0.712. The van der Waals surface area contributed by atoms with Gasteiger partial charge in [-0.2, -0.15) is 0 Å². The molecular formula is C13H20BrN3OS. The standard InChI is InChI=1S/C13H20BrN3OS/c1-2-5-11-12(19-16-15-11)13(18)17(9-4-8-14)10-6-3-7-10/h10H,2-9H2,1H3. The van der Waals surface area contributed by atoms with E-state index in [9.17, 15) is 4.79 Å². The summed E-state index contributed by atoms with van der Waals surface area (Å²) in [7, 11) is 0. The number of aryl methyl sites for hydroxylation is 1. The highest BCUT2D eigenvalue weighted by Crippen LogP contribution is 2.28. The minimum atomic E-state index is 0.143. The second-order valence-corrected chi connectivity index (χ2v) is 6.47. The molecule has 6 heteroatoms. The first-order chi connectivity index (χ1) is 9.27. The van der Waals surface area contributed by atoms with Crippen LogP contribution < -0.4 is 0 Å². The molecule has 1 saturated carbocycles. The van der Waals surface area contributed by atoms with E-state index >= 15 is 0 Å². The Bertz CT molecular complexity index is 420. The lowest BCUT2D eigenvalue weighted by molar-refractivity contribution is 0.0585. The molecule has 2 rings (SSSR count). The number of halogens is 1. The Balaban J connectivity index is 2.10. The zero-order valence-electron chi connectivity index (χ0n) is 11.3. The SMILES string of the molecule is CCCc1nnsc1C(=O)N(CCCBr)C1CCC1. The number of hydrogen-bond acceptors (Lipinski definition) is 4.